The van der Waals surface area contributed by atoms with Crippen molar-refractivity contribution in [2.24, 2.45) is 5.10 Å². The van der Waals surface area contributed by atoms with Crippen LogP contribution >= 0.6 is 0 Å². The Hall–Kier alpha value is -3.73. The van der Waals surface area contributed by atoms with Crippen molar-refractivity contribution in [2.45, 2.75) is 13.8 Å². The highest BCUT2D eigenvalue weighted by molar-refractivity contribution is 6.05. The molecule has 2 amide bonds. The minimum atomic E-state index is -0.319. The summed E-state index contributed by atoms with van der Waals surface area (Å²) in [6.07, 6.45) is 1.59. The molecule has 0 aliphatic carbocycles. The van der Waals surface area contributed by atoms with Crippen LogP contribution in [0.1, 0.15) is 37.4 Å². The molecule has 0 atom stereocenters. The highest BCUT2D eigenvalue weighted by Crippen LogP contribution is 2.13. The fourth-order valence-electron chi connectivity index (χ4n) is 2.61. The molecule has 0 unspecified atom stereocenters. The number of amides is 2. The number of nitrogens with zero attached hydrogens (tertiary/aromatic N) is 1. The lowest BCUT2D eigenvalue weighted by Crippen LogP contribution is -2.18. The van der Waals surface area contributed by atoms with E-state index in [4.69, 9.17) is 0 Å². The lowest BCUT2D eigenvalue weighted by Gasteiger charge is -2.08. The first-order chi connectivity index (χ1) is 13.5. The van der Waals surface area contributed by atoms with Gasteiger partial charge >= 0.3 is 0 Å². The molecule has 28 heavy (non-hydrogen) atoms. The summed E-state index contributed by atoms with van der Waals surface area (Å²) in [7, 11) is 0. The monoisotopic (exact) mass is 371 g/mol. The number of anilines is 1. The lowest BCUT2D eigenvalue weighted by atomic mass is 10.1. The van der Waals surface area contributed by atoms with E-state index in [9.17, 15) is 9.59 Å². The fourth-order valence-corrected chi connectivity index (χ4v) is 2.61. The van der Waals surface area contributed by atoms with Gasteiger partial charge in [0, 0.05) is 16.8 Å². The minimum Gasteiger partial charge on any atom is -0.322 e. The molecule has 0 aliphatic rings. The van der Waals surface area contributed by atoms with Crippen LogP contribution in [0.25, 0.3) is 0 Å². The van der Waals surface area contributed by atoms with E-state index in [0.29, 0.717) is 16.8 Å². The Morgan fingerprint density at radius 3 is 2.18 bits per heavy atom. The highest BCUT2D eigenvalue weighted by atomic mass is 16.2. The number of hydrogen-bond acceptors (Lipinski definition) is 3. The van der Waals surface area contributed by atoms with E-state index >= 15 is 0 Å². The summed E-state index contributed by atoms with van der Waals surface area (Å²) in [5.74, 6) is -0.502. The maximum Gasteiger partial charge on any atom is 0.271 e. The smallest absolute Gasteiger partial charge is 0.271 e. The normalized spacial score (nSPS) is 10.6. The number of benzene rings is 3. The van der Waals surface area contributed by atoms with Crippen LogP contribution < -0.4 is 10.7 Å². The molecule has 3 rings (SSSR count). The van der Waals surface area contributed by atoms with Gasteiger partial charge in [-0.2, -0.15) is 5.10 Å². The average molecular weight is 371 g/mol. The summed E-state index contributed by atoms with van der Waals surface area (Å²) < 4.78 is 0. The van der Waals surface area contributed by atoms with E-state index in [0.717, 1.165) is 16.7 Å². The minimum absolute atomic E-state index is 0.182. The molecule has 0 saturated carbocycles. The average Bonchev–Trinajstić information content (AvgIpc) is 2.70. The second-order valence-electron chi connectivity index (χ2n) is 6.46. The number of nitrogens with one attached hydrogen (secondary N) is 2. The van der Waals surface area contributed by atoms with Crippen molar-refractivity contribution in [1.82, 2.24) is 5.43 Å². The zero-order valence-corrected chi connectivity index (χ0v) is 15.8. The van der Waals surface area contributed by atoms with Crippen molar-refractivity contribution >= 4 is 23.7 Å². The predicted molar refractivity (Wildman–Crippen MR) is 112 cm³/mol. The van der Waals surface area contributed by atoms with Crippen LogP contribution in [-0.4, -0.2) is 18.0 Å². The zero-order chi connectivity index (χ0) is 19.9. The van der Waals surface area contributed by atoms with Gasteiger partial charge in [0.25, 0.3) is 11.8 Å². The number of carbonyl (C=O) groups is 2. The number of carbonyl (C=O) groups excluding carboxylic acids is 2. The van der Waals surface area contributed by atoms with Crippen LogP contribution in [0.4, 0.5) is 5.69 Å². The molecule has 0 spiro atoms. The van der Waals surface area contributed by atoms with Gasteiger partial charge in [-0.1, -0.05) is 48.0 Å². The molecule has 0 bridgehead atoms. The van der Waals surface area contributed by atoms with Gasteiger partial charge in [0.15, 0.2) is 0 Å². The Labute approximate surface area is 164 Å². The van der Waals surface area contributed by atoms with E-state index in [1.165, 1.54) is 0 Å². The molecule has 0 aliphatic heterocycles. The molecule has 0 saturated heterocycles. The van der Waals surface area contributed by atoms with Crippen molar-refractivity contribution in [3.05, 3.63) is 101 Å². The molecule has 0 radical (unpaired) electrons. The first-order valence-corrected chi connectivity index (χ1v) is 8.90. The van der Waals surface area contributed by atoms with E-state index in [-0.39, 0.29) is 11.8 Å². The van der Waals surface area contributed by atoms with Gasteiger partial charge in [-0.05, 0) is 55.3 Å². The first-order valence-electron chi connectivity index (χ1n) is 8.90. The van der Waals surface area contributed by atoms with Gasteiger partial charge in [0.05, 0.1) is 6.21 Å². The summed E-state index contributed by atoms with van der Waals surface area (Å²) >= 11 is 0. The third-order valence-corrected chi connectivity index (χ3v) is 4.25. The lowest BCUT2D eigenvalue weighted by molar-refractivity contribution is 0.0954. The topological polar surface area (TPSA) is 70.6 Å². The standard InChI is InChI=1S/C23H21N3O2/c1-16-7-9-18(10-8-16)15-24-26-22(27)19-11-13-20(14-12-19)25-23(28)21-6-4-3-5-17(21)2/h3-15H,1-2H3,(H,25,28)(H,26,27). The fraction of sp³-hybridized carbons (Fsp3) is 0.0870. The summed E-state index contributed by atoms with van der Waals surface area (Å²) in [6.45, 7) is 3.90. The molecule has 0 heterocycles. The third-order valence-electron chi connectivity index (χ3n) is 4.25. The van der Waals surface area contributed by atoms with Crippen LogP contribution in [0.15, 0.2) is 77.9 Å². The number of hydrogen-bond donors (Lipinski definition) is 2. The molecule has 140 valence electrons. The molecule has 0 aromatic heterocycles. The van der Waals surface area contributed by atoms with Gasteiger partial charge < -0.3 is 5.32 Å². The van der Waals surface area contributed by atoms with Crippen molar-refractivity contribution in [1.29, 1.82) is 0 Å². The quantitative estimate of drug-likeness (QED) is 0.518. The van der Waals surface area contributed by atoms with Crippen molar-refractivity contribution in [3.63, 3.8) is 0 Å². The molecule has 3 aromatic rings. The third kappa shape index (κ3) is 4.92. The second kappa shape index (κ2) is 8.77. The van der Waals surface area contributed by atoms with E-state index in [2.05, 4.69) is 15.8 Å². The number of hydrazone groups is 1. The van der Waals surface area contributed by atoms with Crippen molar-refractivity contribution in [3.8, 4) is 0 Å². The van der Waals surface area contributed by atoms with Crippen LogP contribution in [0, 0.1) is 13.8 Å². The Morgan fingerprint density at radius 2 is 1.50 bits per heavy atom. The maximum absolute atomic E-state index is 12.3. The number of rotatable bonds is 5. The van der Waals surface area contributed by atoms with Gasteiger partial charge in [0.2, 0.25) is 0 Å². The molecule has 0 fully saturated rings. The van der Waals surface area contributed by atoms with Crippen LogP contribution in [0.2, 0.25) is 0 Å². The largest absolute Gasteiger partial charge is 0.322 e. The Morgan fingerprint density at radius 1 is 0.821 bits per heavy atom. The highest BCUT2D eigenvalue weighted by Gasteiger charge is 2.09. The van der Waals surface area contributed by atoms with E-state index < -0.39 is 0 Å². The summed E-state index contributed by atoms with van der Waals surface area (Å²) in [5.41, 5.74) is 7.16. The van der Waals surface area contributed by atoms with Gasteiger partial charge in [0.1, 0.15) is 0 Å². The van der Waals surface area contributed by atoms with Crippen LogP contribution in [0.3, 0.4) is 0 Å². The zero-order valence-electron chi connectivity index (χ0n) is 15.8. The molecule has 5 nitrogen and oxygen atoms in total. The molecular formula is C23H21N3O2. The molecule has 2 N–H and O–H groups in total. The van der Waals surface area contributed by atoms with Gasteiger partial charge in [-0.15, -0.1) is 0 Å². The Balaban J connectivity index is 1.59. The summed E-state index contributed by atoms with van der Waals surface area (Å²) in [5, 5.41) is 6.81. The number of aryl methyl sites for hydroxylation is 2. The van der Waals surface area contributed by atoms with Crippen LogP contribution in [-0.2, 0) is 0 Å². The van der Waals surface area contributed by atoms with Crippen LogP contribution in [0.5, 0.6) is 0 Å². The summed E-state index contributed by atoms with van der Waals surface area (Å²) in [6, 6.07) is 21.9. The molecule has 3 aromatic carbocycles. The predicted octanol–water partition coefficient (Wildman–Crippen LogP) is 4.32. The maximum atomic E-state index is 12.3. The van der Waals surface area contributed by atoms with Crippen molar-refractivity contribution in [2.75, 3.05) is 5.32 Å². The SMILES string of the molecule is Cc1ccc(C=NNC(=O)c2ccc(NC(=O)c3ccccc3C)cc2)cc1. The van der Waals surface area contributed by atoms with Gasteiger partial charge in [-0.25, -0.2) is 5.43 Å². The van der Waals surface area contributed by atoms with Crippen molar-refractivity contribution < 1.29 is 9.59 Å². The summed E-state index contributed by atoms with van der Waals surface area (Å²) in [4.78, 5) is 24.5. The molecular weight excluding hydrogens is 350 g/mol. The van der Waals surface area contributed by atoms with E-state index in [1.807, 2.05) is 56.3 Å². The first kappa shape index (κ1) is 19.0. The Kier molecular flexibility index (Phi) is 5.97. The molecule has 5 heteroatoms. The Bertz CT molecular complexity index is 1010. The van der Waals surface area contributed by atoms with E-state index in [1.54, 1.807) is 36.5 Å². The second-order valence-corrected chi connectivity index (χ2v) is 6.46. The van der Waals surface area contributed by atoms with Gasteiger partial charge in [-0.3, -0.25) is 9.59 Å².